The predicted octanol–water partition coefficient (Wildman–Crippen LogP) is 5.31. The Bertz CT molecular complexity index is 1050. The summed E-state index contributed by atoms with van der Waals surface area (Å²) in [7, 11) is 0. The first kappa shape index (κ1) is 22.8. The van der Waals surface area contributed by atoms with E-state index < -0.39 is 0 Å². The third-order valence-corrected chi connectivity index (χ3v) is 10.00. The lowest BCUT2D eigenvalue weighted by Gasteiger charge is -2.50. The van der Waals surface area contributed by atoms with Gasteiger partial charge in [0.25, 0.3) is 5.91 Å². The Labute approximate surface area is 207 Å². The predicted molar refractivity (Wildman–Crippen MR) is 135 cm³/mol. The summed E-state index contributed by atoms with van der Waals surface area (Å²) in [5, 5.41) is 14.7. The molecule has 1 aromatic rings. The highest BCUT2D eigenvalue weighted by molar-refractivity contribution is 6.12. The third-order valence-electron chi connectivity index (χ3n) is 10.00. The second-order valence-electron chi connectivity index (χ2n) is 11.8. The molecule has 6 nitrogen and oxygen atoms in total. The second kappa shape index (κ2) is 9.11. The molecule has 6 heteroatoms. The first-order valence-electron chi connectivity index (χ1n) is 13.6. The molecule has 5 saturated carbocycles. The van der Waals surface area contributed by atoms with Gasteiger partial charge in [0, 0.05) is 23.5 Å². The molecule has 3 bridgehead atoms. The average molecular weight is 476 g/mol. The maximum atomic E-state index is 13.6. The summed E-state index contributed by atoms with van der Waals surface area (Å²) in [6.07, 6.45) is 14.4. The Morgan fingerprint density at radius 3 is 2.80 bits per heavy atom. The van der Waals surface area contributed by atoms with Crippen LogP contribution < -0.4 is 10.6 Å². The normalized spacial score (nSPS) is 35.5. The number of fused-ring (bicyclic) bond motifs is 2. The summed E-state index contributed by atoms with van der Waals surface area (Å²) in [6.45, 7) is 0.529. The third kappa shape index (κ3) is 3.99. The van der Waals surface area contributed by atoms with Gasteiger partial charge < -0.3 is 20.8 Å². The summed E-state index contributed by atoms with van der Waals surface area (Å²) in [5.41, 5.74) is 1.95. The van der Waals surface area contributed by atoms with Crippen LogP contribution in [0.4, 0.5) is 5.69 Å². The molecule has 5 fully saturated rings. The highest BCUT2D eigenvalue weighted by Gasteiger charge is 2.70. The molecule has 6 rings (SSSR count). The van der Waals surface area contributed by atoms with Gasteiger partial charge >= 0.3 is 0 Å². The molecule has 0 aliphatic heterocycles. The lowest BCUT2D eigenvalue weighted by Crippen LogP contribution is -2.51. The van der Waals surface area contributed by atoms with E-state index in [2.05, 4.69) is 10.6 Å². The fourth-order valence-corrected chi connectivity index (χ4v) is 8.52. The second-order valence-corrected chi connectivity index (χ2v) is 11.8. The van der Waals surface area contributed by atoms with Gasteiger partial charge in [0.05, 0.1) is 6.61 Å². The van der Waals surface area contributed by atoms with Crippen molar-refractivity contribution in [3.63, 3.8) is 0 Å². The highest BCUT2D eigenvalue weighted by Crippen LogP contribution is 2.75. The molecule has 3 N–H and O–H groups in total. The van der Waals surface area contributed by atoms with Gasteiger partial charge in [0.15, 0.2) is 0 Å². The summed E-state index contributed by atoms with van der Waals surface area (Å²) in [4.78, 5) is 24.9. The van der Waals surface area contributed by atoms with Gasteiger partial charge in [-0.15, -0.1) is 0 Å². The van der Waals surface area contributed by atoms with Crippen LogP contribution in [0.25, 0.3) is 0 Å². The zero-order chi connectivity index (χ0) is 24.0. The molecule has 6 unspecified atom stereocenters. The first-order valence-corrected chi connectivity index (χ1v) is 13.6. The Morgan fingerprint density at radius 1 is 1.14 bits per heavy atom. The molecule has 6 atom stereocenters. The number of ether oxygens (including phenoxy) is 1. The van der Waals surface area contributed by atoms with Crippen molar-refractivity contribution in [2.45, 2.75) is 70.3 Å². The Kier molecular flexibility index (Phi) is 5.93. The molecule has 5 aliphatic rings. The maximum absolute atomic E-state index is 13.6. The van der Waals surface area contributed by atoms with E-state index in [0.717, 1.165) is 37.2 Å². The molecular formula is C29H37N3O3. The van der Waals surface area contributed by atoms with E-state index in [1.807, 2.05) is 6.07 Å². The number of carbonyl (C=O) groups is 2. The Morgan fingerprint density at radius 2 is 2.00 bits per heavy atom. The van der Waals surface area contributed by atoms with Crippen LogP contribution in [0.2, 0.25) is 0 Å². The van der Waals surface area contributed by atoms with Crippen molar-refractivity contribution < 1.29 is 14.3 Å². The molecule has 0 radical (unpaired) electrons. The smallest absolute Gasteiger partial charge is 0.258 e. The molecule has 0 saturated heterocycles. The monoisotopic (exact) mass is 475 g/mol. The van der Waals surface area contributed by atoms with E-state index in [1.54, 1.807) is 18.2 Å². The molecule has 1 spiro atoms. The van der Waals surface area contributed by atoms with E-state index in [9.17, 15) is 9.59 Å². The van der Waals surface area contributed by atoms with Crippen molar-refractivity contribution >= 4 is 24.1 Å². The van der Waals surface area contributed by atoms with Gasteiger partial charge in [-0.1, -0.05) is 31.4 Å². The van der Waals surface area contributed by atoms with Crippen LogP contribution in [0.3, 0.4) is 0 Å². The van der Waals surface area contributed by atoms with Gasteiger partial charge in [0.2, 0.25) is 5.88 Å². The molecule has 186 valence electrons. The van der Waals surface area contributed by atoms with E-state index in [-0.39, 0.29) is 17.5 Å². The van der Waals surface area contributed by atoms with Crippen LogP contribution in [-0.2, 0) is 9.53 Å². The maximum Gasteiger partial charge on any atom is 0.258 e. The summed E-state index contributed by atoms with van der Waals surface area (Å²) < 4.78 is 6.24. The van der Waals surface area contributed by atoms with Crippen molar-refractivity contribution in [3.8, 4) is 0 Å². The largest absolute Gasteiger partial charge is 0.478 e. The lowest BCUT2D eigenvalue weighted by atomic mass is 9.55. The Balaban J connectivity index is 1.23. The van der Waals surface area contributed by atoms with Gasteiger partial charge in [-0.05, 0) is 92.1 Å². The van der Waals surface area contributed by atoms with Crippen molar-refractivity contribution in [2.24, 2.45) is 35.0 Å². The van der Waals surface area contributed by atoms with Gasteiger partial charge in [-0.25, -0.2) is 0 Å². The van der Waals surface area contributed by atoms with Gasteiger partial charge in [-0.2, -0.15) is 0 Å². The van der Waals surface area contributed by atoms with Crippen LogP contribution in [0.1, 0.15) is 74.6 Å². The number of rotatable bonds is 9. The molecule has 5 aliphatic carbocycles. The SMILES string of the molecule is N=C/C(C(=O)NC1C2CC3CC4CC1C4(C3)C2)=C(\Nc1cccc(C=O)c1)OCC1CCCCC1. The lowest BCUT2D eigenvalue weighted by molar-refractivity contribution is -0.119. The summed E-state index contributed by atoms with van der Waals surface area (Å²) >= 11 is 0. The number of carbonyl (C=O) groups excluding carboxylic acids is 2. The van der Waals surface area contributed by atoms with Crippen LogP contribution in [-0.4, -0.2) is 31.1 Å². The number of amides is 1. The zero-order valence-electron chi connectivity index (χ0n) is 20.4. The number of hydrogen-bond donors (Lipinski definition) is 3. The molecule has 0 heterocycles. The molecule has 0 aromatic heterocycles. The van der Waals surface area contributed by atoms with Crippen LogP contribution in [0, 0.1) is 40.4 Å². The van der Waals surface area contributed by atoms with Crippen LogP contribution in [0.15, 0.2) is 35.7 Å². The van der Waals surface area contributed by atoms with E-state index in [1.165, 1.54) is 51.4 Å². The average Bonchev–Trinajstić information content (AvgIpc) is 3.17. The summed E-state index contributed by atoms with van der Waals surface area (Å²) in [5.74, 6) is 3.47. The van der Waals surface area contributed by atoms with Crippen LogP contribution in [0.5, 0.6) is 0 Å². The van der Waals surface area contributed by atoms with Crippen LogP contribution >= 0.6 is 0 Å². The molecule has 35 heavy (non-hydrogen) atoms. The quantitative estimate of drug-likeness (QED) is 0.195. The molecule has 1 amide bonds. The zero-order valence-corrected chi connectivity index (χ0v) is 20.4. The van der Waals surface area contributed by atoms with Crippen molar-refractivity contribution in [1.82, 2.24) is 5.32 Å². The van der Waals surface area contributed by atoms with Gasteiger partial charge in [0.1, 0.15) is 11.9 Å². The van der Waals surface area contributed by atoms with E-state index in [0.29, 0.717) is 46.9 Å². The number of hydrogen-bond acceptors (Lipinski definition) is 5. The van der Waals surface area contributed by atoms with E-state index >= 15 is 0 Å². The minimum atomic E-state index is -0.217. The van der Waals surface area contributed by atoms with Gasteiger partial charge in [-0.3, -0.25) is 9.59 Å². The topological polar surface area (TPSA) is 91.3 Å². The number of nitrogens with one attached hydrogen (secondary N) is 3. The minimum absolute atomic E-state index is 0.217. The Hall–Kier alpha value is -2.63. The fourth-order valence-electron chi connectivity index (χ4n) is 8.52. The standard InChI is InChI=1S/C29H37N3O3/c30-15-24(27(34)32-26-21-9-20-10-22-12-25(26)29(22,13-20)14-21)28(35-17-18-5-2-1-3-6-18)31-23-8-4-7-19(11-23)16-33/h4,7-8,11,15-16,18,20-22,25-26,30-31H,1-3,5-6,9-10,12-14,17H2,(H,32,34)/b28-24-,30-15?. The number of anilines is 1. The first-order chi connectivity index (χ1) is 17.1. The van der Waals surface area contributed by atoms with Crippen molar-refractivity contribution in [3.05, 3.63) is 41.3 Å². The summed E-state index contributed by atoms with van der Waals surface area (Å²) in [6, 6.07) is 7.35. The molecule has 1 aromatic carbocycles. The number of benzene rings is 1. The highest BCUT2D eigenvalue weighted by atomic mass is 16.5. The minimum Gasteiger partial charge on any atom is -0.478 e. The fraction of sp³-hybridized carbons (Fsp3) is 0.621. The van der Waals surface area contributed by atoms with E-state index in [4.69, 9.17) is 10.1 Å². The molecular weight excluding hydrogens is 438 g/mol. The van der Waals surface area contributed by atoms with Crippen molar-refractivity contribution in [1.29, 1.82) is 5.41 Å². The van der Waals surface area contributed by atoms with Crippen molar-refractivity contribution in [2.75, 3.05) is 11.9 Å². The number of aldehydes is 1.